The van der Waals surface area contributed by atoms with Gasteiger partial charge in [-0.05, 0) is 23.6 Å². The number of aromatic nitrogens is 1. The van der Waals surface area contributed by atoms with E-state index in [1.807, 2.05) is 36.4 Å². The normalized spacial score (nSPS) is 12.6. The molecule has 0 fully saturated rings. The molecule has 1 aliphatic rings. The summed E-state index contributed by atoms with van der Waals surface area (Å²) in [6.45, 7) is 1.44. The lowest BCUT2D eigenvalue weighted by atomic mass is 10.1. The number of nitrogens with zero attached hydrogens (tertiary/aromatic N) is 1. The van der Waals surface area contributed by atoms with Crippen LogP contribution in [0.4, 0.5) is 5.82 Å². The average molecular weight is 253 g/mol. The summed E-state index contributed by atoms with van der Waals surface area (Å²) in [5, 5.41) is 6.09. The summed E-state index contributed by atoms with van der Waals surface area (Å²) in [6.07, 6.45) is 2.56. The van der Waals surface area contributed by atoms with E-state index in [-0.39, 0.29) is 5.91 Å². The third kappa shape index (κ3) is 2.57. The van der Waals surface area contributed by atoms with Gasteiger partial charge in [-0.15, -0.1) is 0 Å². The van der Waals surface area contributed by atoms with Gasteiger partial charge in [-0.1, -0.05) is 30.3 Å². The second-order valence-electron chi connectivity index (χ2n) is 4.58. The lowest BCUT2D eigenvalue weighted by Crippen LogP contribution is -2.23. The van der Waals surface area contributed by atoms with Crippen LogP contribution in [-0.2, 0) is 13.0 Å². The van der Waals surface area contributed by atoms with Gasteiger partial charge in [0, 0.05) is 19.3 Å². The molecule has 96 valence electrons. The third-order valence-electron chi connectivity index (χ3n) is 3.21. The smallest absolute Gasteiger partial charge is 0.253 e. The Morgan fingerprint density at radius 2 is 2.16 bits per heavy atom. The first-order chi connectivity index (χ1) is 9.33. The monoisotopic (exact) mass is 253 g/mol. The molecule has 0 bridgehead atoms. The average Bonchev–Trinajstić information content (AvgIpc) is 2.93. The predicted octanol–water partition coefficient (Wildman–Crippen LogP) is 1.98. The molecule has 0 atom stereocenters. The molecule has 0 saturated carbocycles. The summed E-state index contributed by atoms with van der Waals surface area (Å²) in [7, 11) is 0. The van der Waals surface area contributed by atoms with Crippen molar-refractivity contribution in [1.29, 1.82) is 0 Å². The Hall–Kier alpha value is -2.36. The molecule has 0 unspecified atom stereocenters. The quantitative estimate of drug-likeness (QED) is 0.879. The van der Waals surface area contributed by atoms with Gasteiger partial charge in [-0.3, -0.25) is 4.79 Å². The van der Waals surface area contributed by atoms with Crippen molar-refractivity contribution in [2.45, 2.75) is 13.0 Å². The van der Waals surface area contributed by atoms with Crippen LogP contribution in [0.5, 0.6) is 0 Å². The van der Waals surface area contributed by atoms with Crippen LogP contribution in [0, 0.1) is 0 Å². The van der Waals surface area contributed by atoms with E-state index in [0.29, 0.717) is 12.1 Å². The summed E-state index contributed by atoms with van der Waals surface area (Å²) in [4.78, 5) is 16.3. The Morgan fingerprint density at radius 3 is 3.00 bits per heavy atom. The largest absolute Gasteiger partial charge is 0.370 e. The predicted molar refractivity (Wildman–Crippen MR) is 74.0 cm³/mol. The highest BCUT2D eigenvalue weighted by molar-refractivity contribution is 5.94. The molecular weight excluding hydrogens is 238 g/mol. The van der Waals surface area contributed by atoms with Crippen molar-refractivity contribution in [3.63, 3.8) is 0 Å². The summed E-state index contributed by atoms with van der Waals surface area (Å²) >= 11 is 0. The van der Waals surface area contributed by atoms with Crippen molar-refractivity contribution in [3.8, 4) is 0 Å². The SMILES string of the molecule is O=C(NCc1ccccc1)c1cnc2c(c1)CCN2. The lowest BCUT2D eigenvalue weighted by Gasteiger charge is -2.06. The maximum atomic E-state index is 12.0. The molecule has 0 aliphatic carbocycles. The van der Waals surface area contributed by atoms with Crippen LogP contribution in [0.2, 0.25) is 0 Å². The highest BCUT2D eigenvalue weighted by Gasteiger charge is 2.14. The van der Waals surface area contributed by atoms with Crippen molar-refractivity contribution in [3.05, 3.63) is 59.3 Å². The fraction of sp³-hybridized carbons (Fsp3) is 0.200. The minimum Gasteiger partial charge on any atom is -0.370 e. The molecule has 2 aromatic rings. The number of carbonyl (C=O) groups excluding carboxylic acids is 1. The van der Waals surface area contributed by atoms with E-state index in [1.54, 1.807) is 6.20 Å². The Bertz CT molecular complexity index is 596. The van der Waals surface area contributed by atoms with Gasteiger partial charge in [0.15, 0.2) is 0 Å². The van der Waals surface area contributed by atoms with Crippen LogP contribution in [0.15, 0.2) is 42.6 Å². The van der Waals surface area contributed by atoms with Crippen molar-refractivity contribution in [2.75, 3.05) is 11.9 Å². The van der Waals surface area contributed by atoms with E-state index >= 15 is 0 Å². The van der Waals surface area contributed by atoms with E-state index in [9.17, 15) is 4.79 Å². The molecule has 1 amide bonds. The van der Waals surface area contributed by atoms with Gasteiger partial charge in [0.1, 0.15) is 5.82 Å². The minimum atomic E-state index is -0.0777. The zero-order valence-electron chi connectivity index (χ0n) is 10.5. The van der Waals surface area contributed by atoms with Crippen LogP contribution in [-0.4, -0.2) is 17.4 Å². The molecule has 19 heavy (non-hydrogen) atoms. The number of benzene rings is 1. The number of pyridine rings is 1. The van der Waals surface area contributed by atoms with Gasteiger partial charge in [-0.25, -0.2) is 4.98 Å². The number of hydrogen-bond donors (Lipinski definition) is 2. The van der Waals surface area contributed by atoms with Gasteiger partial charge >= 0.3 is 0 Å². The van der Waals surface area contributed by atoms with Crippen LogP contribution >= 0.6 is 0 Å². The number of anilines is 1. The maximum Gasteiger partial charge on any atom is 0.253 e. The van der Waals surface area contributed by atoms with Crippen LogP contribution in [0.25, 0.3) is 0 Å². The second-order valence-corrected chi connectivity index (χ2v) is 4.58. The van der Waals surface area contributed by atoms with E-state index < -0.39 is 0 Å². The van der Waals surface area contributed by atoms with Crippen molar-refractivity contribution in [2.24, 2.45) is 0 Å². The van der Waals surface area contributed by atoms with Crippen molar-refractivity contribution >= 4 is 11.7 Å². The first-order valence-electron chi connectivity index (χ1n) is 6.38. The number of amides is 1. The van der Waals surface area contributed by atoms with Gasteiger partial charge in [0.2, 0.25) is 0 Å². The molecule has 1 aromatic carbocycles. The van der Waals surface area contributed by atoms with Gasteiger partial charge in [0.25, 0.3) is 5.91 Å². The van der Waals surface area contributed by atoms with Crippen molar-refractivity contribution < 1.29 is 4.79 Å². The lowest BCUT2D eigenvalue weighted by molar-refractivity contribution is 0.0950. The molecule has 0 radical (unpaired) electrons. The molecule has 1 aromatic heterocycles. The van der Waals surface area contributed by atoms with Crippen LogP contribution < -0.4 is 10.6 Å². The summed E-state index contributed by atoms with van der Waals surface area (Å²) in [5.41, 5.74) is 2.83. The Morgan fingerprint density at radius 1 is 1.32 bits per heavy atom. The summed E-state index contributed by atoms with van der Waals surface area (Å²) in [5.74, 6) is 0.825. The number of carbonyl (C=O) groups is 1. The van der Waals surface area contributed by atoms with Gasteiger partial charge < -0.3 is 10.6 Å². The molecular formula is C15H15N3O. The highest BCUT2D eigenvalue weighted by atomic mass is 16.1. The molecule has 2 heterocycles. The molecule has 0 spiro atoms. The molecule has 2 N–H and O–H groups in total. The number of nitrogens with one attached hydrogen (secondary N) is 2. The van der Waals surface area contributed by atoms with E-state index in [2.05, 4.69) is 15.6 Å². The molecule has 3 rings (SSSR count). The molecule has 4 heteroatoms. The number of rotatable bonds is 3. The fourth-order valence-corrected chi connectivity index (χ4v) is 2.18. The minimum absolute atomic E-state index is 0.0777. The first-order valence-corrected chi connectivity index (χ1v) is 6.38. The zero-order chi connectivity index (χ0) is 13.1. The number of fused-ring (bicyclic) bond motifs is 1. The van der Waals surface area contributed by atoms with E-state index in [1.165, 1.54) is 0 Å². The second kappa shape index (κ2) is 5.10. The van der Waals surface area contributed by atoms with Crippen LogP contribution in [0.3, 0.4) is 0 Å². The standard InChI is InChI=1S/C15H15N3O/c19-15(18-9-11-4-2-1-3-5-11)13-8-12-6-7-16-14(12)17-10-13/h1-5,8,10H,6-7,9H2,(H,16,17)(H,18,19). The third-order valence-corrected chi connectivity index (χ3v) is 3.21. The summed E-state index contributed by atoms with van der Waals surface area (Å²) < 4.78 is 0. The van der Waals surface area contributed by atoms with E-state index in [4.69, 9.17) is 0 Å². The Labute approximate surface area is 111 Å². The Kier molecular flexibility index (Phi) is 3.14. The number of hydrogen-bond acceptors (Lipinski definition) is 3. The maximum absolute atomic E-state index is 12.0. The van der Waals surface area contributed by atoms with Gasteiger partial charge in [-0.2, -0.15) is 0 Å². The fourth-order valence-electron chi connectivity index (χ4n) is 2.18. The van der Waals surface area contributed by atoms with Crippen molar-refractivity contribution in [1.82, 2.24) is 10.3 Å². The summed E-state index contributed by atoms with van der Waals surface area (Å²) in [6, 6.07) is 11.8. The first kappa shape index (κ1) is 11.7. The van der Waals surface area contributed by atoms with Gasteiger partial charge in [0.05, 0.1) is 5.56 Å². The zero-order valence-corrected chi connectivity index (χ0v) is 10.5. The Balaban J connectivity index is 1.67. The molecule has 4 nitrogen and oxygen atoms in total. The molecule has 1 aliphatic heterocycles. The van der Waals surface area contributed by atoms with Crippen LogP contribution in [0.1, 0.15) is 21.5 Å². The molecule has 0 saturated heterocycles. The topological polar surface area (TPSA) is 54.0 Å². The highest BCUT2D eigenvalue weighted by Crippen LogP contribution is 2.19. The van der Waals surface area contributed by atoms with E-state index in [0.717, 1.165) is 29.9 Å².